The molecule has 2 aromatic carbocycles. The molecule has 4 heteroatoms. The summed E-state index contributed by atoms with van der Waals surface area (Å²) in [5.74, 6) is 3.42. The molecule has 4 nitrogen and oxygen atoms in total. The maximum Gasteiger partial charge on any atom is 0.226 e. The van der Waals surface area contributed by atoms with E-state index in [1.165, 1.54) is 24.8 Å². The fourth-order valence-corrected chi connectivity index (χ4v) is 7.61. The number of para-hydroxylation sites is 1. The lowest BCUT2D eigenvalue weighted by Gasteiger charge is -2.61. The van der Waals surface area contributed by atoms with Crippen LogP contribution in [-0.2, 0) is 10.2 Å². The van der Waals surface area contributed by atoms with Gasteiger partial charge in [0.05, 0.1) is 25.2 Å². The molecule has 1 heterocycles. The highest BCUT2D eigenvalue weighted by molar-refractivity contribution is 5.84. The van der Waals surface area contributed by atoms with Crippen molar-refractivity contribution in [3.63, 3.8) is 0 Å². The largest absolute Gasteiger partial charge is 0.497 e. The van der Waals surface area contributed by atoms with Gasteiger partial charge in [-0.25, -0.2) is 0 Å². The first-order chi connectivity index (χ1) is 15.1. The van der Waals surface area contributed by atoms with Gasteiger partial charge in [0, 0.05) is 12.0 Å². The fourth-order valence-electron chi connectivity index (χ4n) is 7.61. The molecule has 1 amide bonds. The van der Waals surface area contributed by atoms with Crippen LogP contribution in [0.1, 0.15) is 62.1 Å². The molecule has 4 fully saturated rings. The van der Waals surface area contributed by atoms with Gasteiger partial charge in [-0.3, -0.25) is 4.79 Å². The lowest BCUT2D eigenvalue weighted by atomic mass is 9.42. The van der Waals surface area contributed by atoms with E-state index >= 15 is 0 Å². The number of fused-ring (bicyclic) bond motifs is 1. The number of carbonyl (C=O) groups excluding carboxylic acids is 1. The molecule has 0 spiro atoms. The summed E-state index contributed by atoms with van der Waals surface area (Å²) in [5.41, 5.74) is 2.44. The van der Waals surface area contributed by atoms with Crippen LogP contribution < -0.4 is 14.8 Å². The fraction of sp³-hybridized carbons (Fsp3) is 0.519. The van der Waals surface area contributed by atoms with Crippen molar-refractivity contribution in [1.29, 1.82) is 0 Å². The highest BCUT2D eigenvalue weighted by Crippen LogP contribution is 2.66. The summed E-state index contributed by atoms with van der Waals surface area (Å²) in [6.07, 6.45) is 7.69. The smallest absolute Gasteiger partial charge is 0.226 e. The van der Waals surface area contributed by atoms with Crippen LogP contribution in [0.5, 0.6) is 11.5 Å². The Morgan fingerprint density at radius 3 is 2.52 bits per heavy atom. The van der Waals surface area contributed by atoms with E-state index in [4.69, 9.17) is 9.47 Å². The Morgan fingerprint density at radius 1 is 1.03 bits per heavy atom. The Kier molecular flexibility index (Phi) is 4.35. The Bertz CT molecular complexity index is 984. The second-order valence-electron chi connectivity index (χ2n) is 10.5. The maximum absolute atomic E-state index is 13.9. The summed E-state index contributed by atoms with van der Waals surface area (Å²) in [5, 5.41) is 3.48. The number of hydrogen-bond acceptors (Lipinski definition) is 3. The highest BCUT2D eigenvalue weighted by Gasteiger charge is 2.61. The molecule has 4 saturated carbocycles. The monoisotopic (exact) mass is 417 g/mol. The second kappa shape index (κ2) is 7.01. The van der Waals surface area contributed by atoms with Gasteiger partial charge in [0.15, 0.2) is 0 Å². The molecule has 3 unspecified atom stereocenters. The highest BCUT2D eigenvalue weighted by atomic mass is 16.5. The first kappa shape index (κ1) is 19.2. The number of hydrogen-bond donors (Lipinski definition) is 1. The van der Waals surface area contributed by atoms with Gasteiger partial charge < -0.3 is 14.8 Å². The maximum atomic E-state index is 13.9. The van der Waals surface area contributed by atoms with Crippen molar-refractivity contribution in [2.45, 2.75) is 56.4 Å². The van der Waals surface area contributed by atoms with Gasteiger partial charge in [0.25, 0.3) is 0 Å². The van der Waals surface area contributed by atoms with Crippen LogP contribution in [0, 0.1) is 17.3 Å². The number of nitrogens with one attached hydrogen (secondary N) is 1. The van der Waals surface area contributed by atoms with Crippen LogP contribution in [0.4, 0.5) is 0 Å². The van der Waals surface area contributed by atoms with Gasteiger partial charge in [-0.2, -0.15) is 0 Å². The van der Waals surface area contributed by atoms with Gasteiger partial charge in [-0.05, 0) is 79.5 Å². The zero-order chi connectivity index (χ0) is 21.1. The molecule has 0 radical (unpaired) electrons. The molecule has 31 heavy (non-hydrogen) atoms. The number of rotatable bonds is 4. The Morgan fingerprint density at radius 2 is 1.77 bits per heavy atom. The van der Waals surface area contributed by atoms with Crippen LogP contribution in [0.2, 0.25) is 0 Å². The molecule has 1 aliphatic heterocycles. The minimum atomic E-state index is -0.225. The van der Waals surface area contributed by atoms with Crippen LogP contribution in [0.15, 0.2) is 48.5 Å². The predicted octanol–water partition coefficient (Wildman–Crippen LogP) is 5.17. The molecule has 0 aromatic heterocycles. The summed E-state index contributed by atoms with van der Waals surface area (Å²) in [7, 11) is 1.72. The van der Waals surface area contributed by atoms with Crippen LogP contribution in [-0.4, -0.2) is 19.6 Å². The van der Waals surface area contributed by atoms with E-state index in [0.29, 0.717) is 18.4 Å². The lowest BCUT2D eigenvalue weighted by molar-refractivity contribution is -0.150. The van der Waals surface area contributed by atoms with Crippen molar-refractivity contribution < 1.29 is 14.3 Å². The normalized spacial score (nSPS) is 35.2. The van der Waals surface area contributed by atoms with Crippen molar-refractivity contribution in [3.8, 4) is 11.5 Å². The molecule has 2 aromatic rings. The molecular formula is C27H31NO3. The quantitative estimate of drug-likeness (QED) is 0.746. The minimum Gasteiger partial charge on any atom is -0.497 e. The number of ether oxygens (including phenoxy) is 2. The third-order valence-corrected chi connectivity index (χ3v) is 8.51. The molecule has 4 aliphatic carbocycles. The lowest BCUT2D eigenvalue weighted by Crippen LogP contribution is -2.59. The molecule has 0 saturated heterocycles. The van der Waals surface area contributed by atoms with Crippen LogP contribution in [0.25, 0.3) is 0 Å². The summed E-state index contributed by atoms with van der Waals surface area (Å²) >= 11 is 0. The average molecular weight is 418 g/mol. The molecular weight excluding hydrogens is 386 g/mol. The van der Waals surface area contributed by atoms with E-state index in [9.17, 15) is 4.79 Å². The zero-order valence-electron chi connectivity index (χ0n) is 18.2. The van der Waals surface area contributed by atoms with E-state index in [1.54, 1.807) is 7.11 Å². The first-order valence-corrected chi connectivity index (χ1v) is 11.8. The minimum absolute atomic E-state index is 0.0578. The third-order valence-electron chi connectivity index (χ3n) is 8.51. The number of carbonyl (C=O) groups is 1. The van der Waals surface area contributed by atoms with Crippen molar-refractivity contribution in [3.05, 3.63) is 59.7 Å². The topological polar surface area (TPSA) is 47.6 Å². The van der Waals surface area contributed by atoms with Crippen molar-refractivity contribution in [1.82, 2.24) is 5.32 Å². The molecule has 1 N–H and O–H groups in total. The average Bonchev–Trinajstić information content (AvgIpc) is 2.78. The molecule has 5 aliphatic rings. The number of methoxy groups -OCH3 is 1. The summed E-state index contributed by atoms with van der Waals surface area (Å²) in [6.45, 7) is 0.663. The Labute approximate surface area is 184 Å². The van der Waals surface area contributed by atoms with Crippen molar-refractivity contribution in [2.24, 2.45) is 17.3 Å². The van der Waals surface area contributed by atoms with E-state index < -0.39 is 0 Å². The van der Waals surface area contributed by atoms with Gasteiger partial charge in [0.1, 0.15) is 11.5 Å². The van der Waals surface area contributed by atoms with Crippen molar-refractivity contribution >= 4 is 5.91 Å². The van der Waals surface area contributed by atoms with Gasteiger partial charge in [-0.15, -0.1) is 0 Å². The van der Waals surface area contributed by atoms with Crippen LogP contribution >= 0.6 is 0 Å². The molecule has 4 bridgehead atoms. The Hall–Kier alpha value is -2.49. The van der Waals surface area contributed by atoms with Crippen LogP contribution in [0.3, 0.4) is 0 Å². The van der Waals surface area contributed by atoms with Crippen molar-refractivity contribution in [2.75, 3.05) is 13.7 Å². The van der Waals surface area contributed by atoms with E-state index in [-0.39, 0.29) is 22.8 Å². The first-order valence-electron chi connectivity index (χ1n) is 11.8. The van der Waals surface area contributed by atoms with E-state index in [2.05, 4.69) is 35.6 Å². The van der Waals surface area contributed by atoms with Gasteiger partial charge in [0.2, 0.25) is 5.91 Å². The summed E-state index contributed by atoms with van der Waals surface area (Å²) < 4.78 is 11.2. The molecule has 3 atom stereocenters. The SMILES string of the molecule is COc1ccc(C23CC4CC(CC(C(=O)NC5CCOc6ccccc65)(C4)C2)C3)cc1. The number of amides is 1. The predicted molar refractivity (Wildman–Crippen MR) is 119 cm³/mol. The Balaban J connectivity index is 1.29. The third kappa shape index (κ3) is 3.06. The second-order valence-corrected chi connectivity index (χ2v) is 10.5. The summed E-state index contributed by atoms with van der Waals surface area (Å²) in [4.78, 5) is 13.9. The zero-order valence-corrected chi connectivity index (χ0v) is 18.2. The van der Waals surface area contributed by atoms with Gasteiger partial charge >= 0.3 is 0 Å². The molecule has 162 valence electrons. The van der Waals surface area contributed by atoms with E-state index in [1.807, 2.05) is 18.2 Å². The number of benzene rings is 2. The van der Waals surface area contributed by atoms with Gasteiger partial charge in [-0.1, -0.05) is 30.3 Å². The van der Waals surface area contributed by atoms with E-state index in [0.717, 1.165) is 42.7 Å². The summed E-state index contributed by atoms with van der Waals surface area (Å²) in [6, 6.07) is 16.9. The standard InChI is InChI=1S/C27H31NO3/c1-30-21-8-6-20(7-9-21)26-13-18-12-19(14-26)16-27(15-18,17-26)25(29)28-23-10-11-31-24-5-3-2-4-22(23)24/h2-9,18-19,23H,10-17H2,1H3,(H,28,29). The molecule has 7 rings (SSSR count).